The molecule has 1 N–H and O–H groups in total. The molecule has 2 heterocycles. The monoisotopic (exact) mass is 520 g/mol. The van der Waals surface area contributed by atoms with Gasteiger partial charge in [0.05, 0.1) is 22.0 Å². The van der Waals surface area contributed by atoms with E-state index in [9.17, 15) is 4.79 Å². The molecule has 2 aromatic heterocycles. The molecule has 0 saturated heterocycles. The molecule has 0 aliphatic heterocycles. The lowest BCUT2D eigenvalue weighted by Gasteiger charge is -2.35. The van der Waals surface area contributed by atoms with Crippen LogP contribution in [0.1, 0.15) is 40.0 Å². The SMILES string of the molecule is C[C@@H]1[C@@H](C)CCC[C@H]1NC(=O)[C@H](C)Sc1nnc(-c2cc(-c3ccc(Cl)cc3)nc3ccccc23)o1. The Morgan fingerprint density at radius 2 is 1.89 bits per heavy atom. The van der Waals surface area contributed by atoms with Gasteiger partial charge in [-0.2, -0.15) is 0 Å². The highest BCUT2D eigenvalue weighted by Crippen LogP contribution is 2.34. The van der Waals surface area contributed by atoms with Gasteiger partial charge in [-0.25, -0.2) is 4.98 Å². The highest BCUT2D eigenvalue weighted by molar-refractivity contribution is 8.00. The molecule has 0 bridgehead atoms. The minimum Gasteiger partial charge on any atom is -0.411 e. The molecule has 186 valence electrons. The van der Waals surface area contributed by atoms with E-state index in [-0.39, 0.29) is 17.2 Å². The molecule has 4 aromatic rings. The highest BCUT2D eigenvalue weighted by atomic mass is 35.5. The van der Waals surface area contributed by atoms with Crippen molar-refractivity contribution in [2.75, 3.05) is 0 Å². The minimum atomic E-state index is -0.346. The summed E-state index contributed by atoms with van der Waals surface area (Å²) in [6.45, 7) is 6.37. The Morgan fingerprint density at radius 1 is 1.11 bits per heavy atom. The smallest absolute Gasteiger partial charge is 0.277 e. The number of benzene rings is 2. The first-order valence-electron chi connectivity index (χ1n) is 12.4. The Balaban J connectivity index is 1.37. The van der Waals surface area contributed by atoms with Gasteiger partial charge in [0.1, 0.15) is 0 Å². The minimum absolute atomic E-state index is 0.00471. The number of rotatable bonds is 6. The average molecular weight is 521 g/mol. The molecule has 8 heteroatoms. The van der Waals surface area contributed by atoms with Gasteiger partial charge in [0, 0.05) is 22.0 Å². The molecule has 1 amide bonds. The van der Waals surface area contributed by atoms with Gasteiger partial charge in [-0.05, 0) is 49.4 Å². The second kappa shape index (κ2) is 10.6. The van der Waals surface area contributed by atoms with E-state index >= 15 is 0 Å². The quantitative estimate of drug-likeness (QED) is 0.275. The summed E-state index contributed by atoms with van der Waals surface area (Å²) in [5, 5.41) is 13.4. The standard InChI is InChI=1S/C28H29ClN4O2S/c1-16-7-6-10-23(17(16)2)31-26(34)18(3)36-28-33-32-27(35-28)22-15-25(19-11-13-20(29)14-12-19)30-24-9-5-4-8-21(22)24/h4-5,8-9,11-18,23H,6-7,10H2,1-3H3,(H,31,34)/t16-,17+,18-,23+/m0/s1. The lowest BCUT2D eigenvalue weighted by molar-refractivity contribution is -0.121. The zero-order valence-electron chi connectivity index (χ0n) is 20.6. The predicted octanol–water partition coefficient (Wildman–Crippen LogP) is 7.03. The van der Waals surface area contributed by atoms with Crippen molar-refractivity contribution in [3.63, 3.8) is 0 Å². The van der Waals surface area contributed by atoms with E-state index < -0.39 is 0 Å². The van der Waals surface area contributed by atoms with Crippen LogP contribution in [0.3, 0.4) is 0 Å². The fraction of sp³-hybridized carbons (Fsp3) is 0.357. The third-order valence-corrected chi connectivity index (χ3v) is 8.36. The first-order valence-corrected chi connectivity index (χ1v) is 13.6. The molecule has 0 radical (unpaired) electrons. The molecule has 1 saturated carbocycles. The first-order chi connectivity index (χ1) is 17.4. The third-order valence-electron chi connectivity index (χ3n) is 7.17. The molecular formula is C28H29ClN4O2S. The number of fused-ring (bicyclic) bond motifs is 1. The Kier molecular flexibility index (Phi) is 7.30. The lowest BCUT2D eigenvalue weighted by Crippen LogP contribution is -2.46. The van der Waals surface area contributed by atoms with E-state index in [1.165, 1.54) is 18.2 Å². The number of carbonyl (C=O) groups excluding carboxylic acids is 1. The number of halogens is 1. The van der Waals surface area contributed by atoms with Crippen LogP contribution in [-0.4, -0.2) is 32.4 Å². The number of nitrogens with zero attached hydrogens (tertiary/aromatic N) is 3. The summed E-state index contributed by atoms with van der Waals surface area (Å²) < 4.78 is 6.05. The normalized spacial score (nSPS) is 20.8. The molecule has 2 aromatic carbocycles. The third kappa shape index (κ3) is 5.27. The van der Waals surface area contributed by atoms with Crippen LogP contribution in [0, 0.1) is 11.8 Å². The lowest BCUT2D eigenvalue weighted by atomic mass is 9.78. The van der Waals surface area contributed by atoms with E-state index in [0.29, 0.717) is 28.0 Å². The molecule has 36 heavy (non-hydrogen) atoms. The zero-order chi connectivity index (χ0) is 25.2. The van der Waals surface area contributed by atoms with E-state index in [1.807, 2.05) is 61.5 Å². The van der Waals surface area contributed by atoms with Crippen LogP contribution in [0.2, 0.25) is 5.02 Å². The van der Waals surface area contributed by atoms with E-state index in [2.05, 4.69) is 29.4 Å². The topological polar surface area (TPSA) is 80.9 Å². The van der Waals surface area contributed by atoms with Crippen molar-refractivity contribution < 1.29 is 9.21 Å². The van der Waals surface area contributed by atoms with Crippen molar-refractivity contribution in [1.82, 2.24) is 20.5 Å². The number of hydrogen-bond acceptors (Lipinski definition) is 6. The summed E-state index contributed by atoms with van der Waals surface area (Å²) in [6.07, 6.45) is 3.42. The Morgan fingerprint density at radius 3 is 2.69 bits per heavy atom. The Labute approximate surface area is 220 Å². The van der Waals surface area contributed by atoms with E-state index in [4.69, 9.17) is 21.0 Å². The number of thioether (sulfide) groups is 1. The van der Waals surface area contributed by atoms with E-state index in [0.717, 1.165) is 40.6 Å². The molecule has 1 aliphatic carbocycles. The molecule has 4 atom stereocenters. The van der Waals surface area contributed by atoms with Crippen LogP contribution in [0.15, 0.2) is 64.2 Å². The van der Waals surface area contributed by atoms with Gasteiger partial charge in [-0.3, -0.25) is 4.79 Å². The van der Waals surface area contributed by atoms with Crippen LogP contribution < -0.4 is 5.32 Å². The number of para-hydroxylation sites is 1. The summed E-state index contributed by atoms with van der Waals surface area (Å²) in [7, 11) is 0. The summed E-state index contributed by atoms with van der Waals surface area (Å²) >= 11 is 7.35. The molecule has 0 unspecified atom stereocenters. The second-order valence-electron chi connectivity index (χ2n) is 9.59. The van der Waals surface area contributed by atoms with Crippen LogP contribution in [-0.2, 0) is 4.79 Å². The summed E-state index contributed by atoms with van der Waals surface area (Å²) in [5.41, 5.74) is 3.36. The van der Waals surface area contributed by atoms with Crippen molar-refractivity contribution in [3.05, 3.63) is 59.6 Å². The maximum Gasteiger partial charge on any atom is 0.277 e. The zero-order valence-corrected chi connectivity index (χ0v) is 22.1. The average Bonchev–Trinajstić information content (AvgIpc) is 3.34. The number of aromatic nitrogens is 3. The maximum atomic E-state index is 12.9. The van der Waals surface area contributed by atoms with E-state index in [1.54, 1.807) is 0 Å². The largest absolute Gasteiger partial charge is 0.411 e. The van der Waals surface area contributed by atoms with Gasteiger partial charge in [-0.15, -0.1) is 10.2 Å². The Bertz CT molecular complexity index is 1370. The van der Waals surface area contributed by atoms with Crippen molar-refractivity contribution >= 4 is 40.2 Å². The van der Waals surface area contributed by atoms with Gasteiger partial charge in [-0.1, -0.05) is 80.4 Å². The number of amides is 1. The van der Waals surface area contributed by atoms with Crippen LogP contribution in [0.4, 0.5) is 0 Å². The van der Waals surface area contributed by atoms with Gasteiger partial charge < -0.3 is 9.73 Å². The van der Waals surface area contributed by atoms with Crippen LogP contribution in [0.5, 0.6) is 0 Å². The molecule has 5 rings (SSSR count). The first kappa shape index (κ1) is 24.8. The van der Waals surface area contributed by atoms with Crippen molar-refractivity contribution in [1.29, 1.82) is 0 Å². The van der Waals surface area contributed by atoms with Gasteiger partial charge >= 0.3 is 0 Å². The fourth-order valence-corrected chi connectivity index (χ4v) is 5.60. The number of hydrogen-bond donors (Lipinski definition) is 1. The summed E-state index contributed by atoms with van der Waals surface area (Å²) in [6, 6.07) is 17.6. The molecule has 1 fully saturated rings. The highest BCUT2D eigenvalue weighted by Gasteiger charge is 2.30. The van der Waals surface area contributed by atoms with Crippen molar-refractivity contribution in [3.8, 4) is 22.7 Å². The number of carbonyl (C=O) groups is 1. The summed E-state index contributed by atoms with van der Waals surface area (Å²) in [4.78, 5) is 17.7. The predicted molar refractivity (Wildman–Crippen MR) is 145 cm³/mol. The molecule has 0 spiro atoms. The van der Waals surface area contributed by atoms with Crippen molar-refractivity contribution in [2.24, 2.45) is 11.8 Å². The number of nitrogens with one attached hydrogen (secondary N) is 1. The molecular weight excluding hydrogens is 492 g/mol. The Hall–Kier alpha value is -2.90. The maximum absolute atomic E-state index is 12.9. The fourth-order valence-electron chi connectivity index (χ4n) is 4.78. The number of pyridine rings is 1. The molecule has 6 nitrogen and oxygen atoms in total. The van der Waals surface area contributed by atoms with Crippen LogP contribution >= 0.6 is 23.4 Å². The van der Waals surface area contributed by atoms with Crippen LogP contribution in [0.25, 0.3) is 33.6 Å². The second-order valence-corrected chi connectivity index (χ2v) is 11.3. The summed E-state index contributed by atoms with van der Waals surface area (Å²) in [5.74, 6) is 1.50. The van der Waals surface area contributed by atoms with Gasteiger partial charge in [0.25, 0.3) is 5.22 Å². The molecule has 1 aliphatic rings. The van der Waals surface area contributed by atoms with Crippen molar-refractivity contribution in [2.45, 2.75) is 56.5 Å². The van der Waals surface area contributed by atoms with Gasteiger partial charge in [0.2, 0.25) is 11.8 Å². The van der Waals surface area contributed by atoms with Gasteiger partial charge in [0.15, 0.2) is 0 Å².